The van der Waals surface area contributed by atoms with E-state index in [2.05, 4.69) is 19.2 Å². The van der Waals surface area contributed by atoms with Crippen LogP contribution in [0.5, 0.6) is 0 Å². The van der Waals surface area contributed by atoms with Crippen LogP contribution in [-0.4, -0.2) is 163 Å². The van der Waals surface area contributed by atoms with Crippen molar-refractivity contribution in [3.05, 3.63) is 0 Å². The molecular weight excluding hydrogens is 939 g/mol. The van der Waals surface area contributed by atoms with Crippen LogP contribution in [-0.2, 0) is 23.7 Å². The monoisotopic (exact) mass is 1050 g/mol. The molecule has 434 valence electrons. The summed E-state index contributed by atoms with van der Waals surface area (Å²) >= 11 is 0. The van der Waals surface area contributed by atoms with Crippen molar-refractivity contribution >= 4 is 5.91 Å². The summed E-state index contributed by atoms with van der Waals surface area (Å²) in [5, 5.41) is 109. The van der Waals surface area contributed by atoms with Crippen LogP contribution >= 0.6 is 0 Å². The van der Waals surface area contributed by atoms with E-state index in [1.54, 1.807) is 0 Å². The van der Waals surface area contributed by atoms with Crippen molar-refractivity contribution in [3.63, 3.8) is 0 Å². The van der Waals surface area contributed by atoms with Crippen LogP contribution in [0.15, 0.2) is 0 Å². The van der Waals surface area contributed by atoms with Crippen molar-refractivity contribution in [3.8, 4) is 0 Å². The molecule has 2 heterocycles. The Balaban J connectivity index is 1.84. The molecule has 0 aromatic carbocycles. The zero-order chi connectivity index (χ0) is 53.5. The summed E-state index contributed by atoms with van der Waals surface area (Å²) in [6.45, 7) is 2.41. The summed E-state index contributed by atoms with van der Waals surface area (Å²) in [5.74, 6) is -0.759. The van der Waals surface area contributed by atoms with Gasteiger partial charge in [-0.3, -0.25) is 4.79 Å². The summed E-state index contributed by atoms with van der Waals surface area (Å²) in [4.78, 5) is 13.4. The third kappa shape index (κ3) is 29.5. The Labute approximate surface area is 441 Å². The van der Waals surface area contributed by atoms with Gasteiger partial charge in [0.2, 0.25) is 5.91 Å². The highest BCUT2D eigenvalue weighted by molar-refractivity contribution is 5.80. The lowest BCUT2D eigenvalue weighted by atomic mass is 9.98. The summed E-state index contributed by atoms with van der Waals surface area (Å²) in [6, 6.07) is -1.28. The van der Waals surface area contributed by atoms with Gasteiger partial charge in [-0.1, -0.05) is 239 Å². The molecule has 73 heavy (non-hydrogen) atoms. The standard InChI is InChI=1S/C57H111NO15/c1-3-5-7-9-11-13-15-17-19-20-21-22-23-25-27-29-31-33-35-37-39-45(62)55(69)58-43(48(64)44(61)38-36-34-32-30-28-26-24-18-16-14-12-10-8-6-4-2)42-70-56-52(68)54(49(65)47(41-60)71-56)73-57-51(67)50(66)53(72-57)46(63)40-59/h43-54,56-57,59-68H,3-42H2,1-2H3,(H,58,69)/t43-,44+,45+,46+,47+,48-,49-,50+,51+,52+,53-,54-,56-,57-/m0/s1. The van der Waals surface area contributed by atoms with Crippen LogP contribution in [0, 0.1) is 0 Å². The highest BCUT2D eigenvalue weighted by atomic mass is 16.7. The van der Waals surface area contributed by atoms with Crippen LogP contribution in [0.2, 0.25) is 0 Å². The molecule has 2 aliphatic rings. The molecule has 0 aromatic rings. The number of unbranched alkanes of at least 4 members (excludes halogenated alkanes) is 33. The van der Waals surface area contributed by atoms with Crippen molar-refractivity contribution in [2.24, 2.45) is 0 Å². The maximum absolute atomic E-state index is 13.4. The fourth-order valence-electron chi connectivity index (χ4n) is 10.3. The van der Waals surface area contributed by atoms with E-state index in [9.17, 15) is 55.9 Å². The maximum atomic E-state index is 13.4. The molecule has 1 amide bonds. The Bertz CT molecular complexity index is 1270. The molecule has 0 bridgehead atoms. The molecule has 2 aliphatic heterocycles. The molecule has 0 aliphatic carbocycles. The van der Waals surface area contributed by atoms with Gasteiger partial charge >= 0.3 is 0 Å². The molecule has 0 aromatic heterocycles. The second kappa shape index (κ2) is 43.8. The van der Waals surface area contributed by atoms with Gasteiger partial charge in [0.1, 0.15) is 61.0 Å². The van der Waals surface area contributed by atoms with Gasteiger partial charge in [0, 0.05) is 0 Å². The van der Waals surface area contributed by atoms with Crippen molar-refractivity contribution in [2.75, 3.05) is 19.8 Å². The van der Waals surface area contributed by atoms with Gasteiger partial charge in [-0.2, -0.15) is 0 Å². The van der Waals surface area contributed by atoms with Gasteiger partial charge < -0.3 is 75.3 Å². The van der Waals surface area contributed by atoms with Crippen LogP contribution in [0.1, 0.15) is 251 Å². The molecule has 16 heteroatoms. The molecule has 2 rings (SSSR count). The molecule has 0 spiro atoms. The minimum atomic E-state index is -1.82. The SMILES string of the molecule is CCCCCCCCCCCCCCCCCCCCCC[C@@H](O)C(=O)N[C@@H](CO[C@H]1O[C@H](CO)[C@H](O)[C@H](O[C@@H]2O[C@@H]([C@H](O)CO)[C@H](O)[C@H]2O)[C@H]1O)[C@H](O)[C@H](O)CCCCCCCCCCCCCCCCC. The summed E-state index contributed by atoms with van der Waals surface area (Å²) in [6.07, 6.45) is 22.6. The van der Waals surface area contributed by atoms with Gasteiger partial charge in [0.15, 0.2) is 12.6 Å². The van der Waals surface area contributed by atoms with E-state index < -0.39 is 111 Å². The van der Waals surface area contributed by atoms with E-state index in [4.69, 9.17) is 18.9 Å². The molecular formula is C57H111NO15. The van der Waals surface area contributed by atoms with Crippen molar-refractivity contribution < 1.29 is 74.8 Å². The third-order valence-electron chi connectivity index (χ3n) is 15.2. The number of aliphatic hydroxyl groups is 10. The van der Waals surface area contributed by atoms with Crippen LogP contribution < -0.4 is 5.32 Å². The lowest BCUT2D eigenvalue weighted by Gasteiger charge is -2.43. The fourth-order valence-corrected chi connectivity index (χ4v) is 10.3. The Morgan fingerprint density at radius 1 is 0.493 bits per heavy atom. The molecule has 2 saturated heterocycles. The topological polar surface area (TPSA) is 268 Å². The lowest BCUT2D eigenvalue weighted by Crippen LogP contribution is -2.62. The zero-order valence-corrected chi connectivity index (χ0v) is 45.9. The van der Waals surface area contributed by atoms with Crippen molar-refractivity contribution in [2.45, 2.75) is 337 Å². The normalized spacial score (nSPS) is 25.5. The molecule has 14 atom stereocenters. The quantitative estimate of drug-likeness (QED) is 0.0261. The number of carbonyl (C=O) groups is 1. The first-order chi connectivity index (χ1) is 35.4. The second-order valence-electron chi connectivity index (χ2n) is 21.8. The predicted octanol–water partition coefficient (Wildman–Crippen LogP) is 7.67. The Morgan fingerprint density at radius 3 is 1.29 bits per heavy atom. The summed E-state index contributed by atoms with van der Waals surface area (Å²) < 4.78 is 22.6. The number of carbonyl (C=O) groups excluding carboxylic acids is 1. The summed E-state index contributed by atoms with van der Waals surface area (Å²) in [5.41, 5.74) is 0. The van der Waals surface area contributed by atoms with Crippen molar-refractivity contribution in [1.29, 1.82) is 0 Å². The molecule has 2 fully saturated rings. The Hall–Kier alpha value is -1.09. The fraction of sp³-hybridized carbons (Fsp3) is 0.982. The van der Waals surface area contributed by atoms with Crippen LogP contribution in [0.4, 0.5) is 0 Å². The second-order valence-corrected chi connectivity index (χ2v) is 21.8. The zero-order valence-electron chi connectivity index (χ0n) is 45.9. The number of nitrogens with one attached hydrogen (secondary N) is 1. The van der Waals surface area contributed by atoms with Crippen LogP contribution in [0.25, 0.3) is 0 Å². The lowest BCUT2D eigenvalue weighted by molar-refractivity contribution is -0.332. The highest BCUT2D eigenvalue weighted by Gasteiger charge is 2.52. The smallest absolute Gasteiger partial charge is 0.249 e. The van der Waals surface area contributed by atoms with E-state index in [0.29, 0.717) is 12.8 Å². The molecule has 0 radical (unpaired) electrons. The molecule has 0 saturated carbocycles. The maximum Gasteiger partial charge on any atom is 0.249 e. The molecule has 11 N–H and O–H groups in total. The first-order valence-electron chi connectivity index (χ1n) is 30.0. The number of amides is 1. The van der Waals surface area contributed by atoms with E-state index in [0.717, 1.165) is 44.9 Å². The summed E-state index contributed by atoms with van der Waals surface area (Å²) in [7, 11) is 0. The number of rotatable bonds is 49. The third-order valence-corrected chi connectivity index (χ3v) is 15.2. The first-order valence-corrected chi connectivity index (χ1v) is 30.0. The van der Waals surface area contributed by atoms with E-state index >= 15 is 0 Å². The van der Waals surface area contributed by atoms with Gasteiger partial charge in [-0.05, 0) is 12.8 Å². The Morgan fingerprint density at radius 2 is 0.890 bits per heavy atom. The predicted molar refractivity (Wildman–Crippen MR) is 284 cm³/mol. The van der Waals surface area contributed by atoms with E-state index in [1.807, 2.05) is 0 Å². The van der Waals surface area contributed by atoms with E-state index in [-0.39, 0.29) is 12.8 Å². The number of hydrogen-bond acceptors (Lipinski definition) is 15. The van der Waals surface area contributed by atoms with Crippen LogP contribution in [0.3, 0.4) is 0 Å². The van der Waals surface area contributed by atoms with E-state index in [1.165, 1.54) is 167 Å². The molecule has 0 unspecified atom stereocenters. The van der Waals surface area contributed by atoms with Gasteiger partial charge in [0.05, 0.1) is 32.0 Å². The minimum Gasteiger partial charge on any atom is -0.394 e. The average molecular weight is 1050 g/mol. The first kappa shape index (κ1) is 68.0. The largest absolute Gasteiger partial charge is 0.394 e. The Kier molecular flexibility index (Phi) is 40.9. The van der Waals surface area contributed by atoms with Crippen molar-refractivity contribution in [1.82, 2.24) is 5.32 Å². The van der Waals surface area contributed by atoms with Gasteiger partial charge in [0.25, 0.3) is 0 Å². The average Bonchev–Trinajstić information content (AvgIpc) is 3.67. The highest BCUT2D eigenvalue weighted by Crippen LogP contribution is 2.31. The van der Waals surface area contributed by atoms with Gasteiger partial charge in [-0.25, -0.2) is 0 Å². The number of ether oxygens (including phenoxy) is 4. The minimum absolute atomic E-state index is 0.204. The van der Waals surface area contributed by atoms with Gasteiger partial charge in [-0.15, -0.1) is 0 Å². The number of hydrogen-bond donors (Lipinski definition) is 11. The molecule has 16 nitrogen and oxygen atoms in total. The number of aliphatic hydroxyl groups excluding tert-OH is 10.